The van der Waals surface area contributed by atoms with Crippen LogP contribution < -0.4 is 5.56 Å². The molecule has 1 rings (SSSR count). The molecule has 124 valence electrons. The molecule has 0 unspecified atom stereocenters. The standard InChI is InChI=1S/C14H23N3O4S/c1-5-15(4)14(19)11-16-10-12(8-9-13(16)18)22(20,21)17(6-2)7-3/h8-10H,5-7,11H2,1-4H3. The third-order valence-corrected chi connectivity index (χ3v) is 5.54. The van der Waals surface area contributed by atoms with Gasteiger partial charge < -0.3 is 9.47 Å². The molecule has 1 amide bonds. The van der Waals surface area contributed by atoms with E-state index in [1.54, 1.807) is 20.9 Å². The van der Waals surface area contributed by atoms with E-state index in [4.69, 9.17) is 0 Å². The first kappa shape index (κ1) is 18.4. The van der Waals surface area contributed by atoms with Crippen molar-refractivity contribution in [2.75, 3.05) is 26.7 Å². The Morgan fingerprint density at radius 2 is 1.73 bits per heavy atom. The number of hydrogen-bond acceptors (Lipinski definition) is 4. The normalized spacial score (nSPS) is 11.7. The highest BCUT2D eigenvalue weighted by Gasteiger charge is 2.22. The van der Waals surface area contributed by atoms with Crippen LogP contribution in [0.25, 0.3) is 0 Å². The van der Waals surface area contributed by atoms with E-state index in [-0.39, 0.29) is 17.3 Å². The summed E-state index contributed by atoms with van der Waals surface area (Å²) in [7, 11) is -2.02. The number of pyridine rings is 1. The second-order valence-corrected chi connectivity index (χ2v) is 6.77. The molecule has 1 aromatic heterocycles. The number of likely N-dealkylation sites (N-methyl/N-ethyl adjacent to an activating group) is 1. The molecule has 0 aromatic carbocycles. The van der Waals surface area contributed by atoms with Gasteiger partial charge in [-0.1, -0.05) is 13.8 Å². The van der Waals surface area contributed by atoms with Gasteiger partial charge in [-0.05, 0) is 13.0 Å². The van der Waals surface area contributed by atoms with Gasteiger partial charge in [0.15, 0.2) is 0 Å². The topological polar surface area (TPSA) is 79.7 Å². The van der Waals surface area contributed by atoms with Crippen LogP contribution in [0.1, 0.15) is 20.8 Å². The average Bonchev–Trinajstić information content (AvgIpc) is 2.49. The number of aromatic nitrogens is 1. The van der Waals surface area contributed by atoms with E-state index in [2.05, 4.69) is 0 Å². The summed E-state index contributed by atoms with van der Waals surface area (Å²) in [6, 6.07) is 2.45. The second kappa shape index (κ2) is 7.55. The number of carbonyl (C=O) groups is 1. The summed E-state index contributed by atoms with van der Waals surface area (Å²) in [6.07, 6.45) is 1.23. The lowest BCUT2D eigenvalue weighted by molar-refractivity contribution is -0.130. The summed E-state index contributed by atoms with van der Waals surface area (Å²) in [5.41, 5.74) is -0.406. The summed E-state index contributed by atoms with van der Waals surface area (Å²) < 4.78 is 27.3. The molecule has 0 fully saturated rings. The molecule has 22 heavy (non-hydrogen) atoms. The van der Waals surface area contributed by atoms with Crippen LogP contribution in [0.5, 0.6) is 0 Å². The molecule has 0 saturated heterocycles. The van der Waals surface area contributed by atoms with Crippen molar-refractivity contribution in [2.24, 2.45) is 0 Å². The lowest BCUT2D eigenvalue weighted by Gasteiger charge is -2.19. The molecule has 7 nitrogen and oxygen atoms in total. The summed E-state index contributed by atoms with van der Waals surface area (Å²) in [5.74, 6) is -0.248. The Morgan fingerprint density at radius 3 is 2.23 bits per heavy atom. The molecule has 0 saturated carbocycles. The van der Waals surface area contributed by atoms with Crippen LogP contribution in [0.3, 0.4) is 0 Å². The number of rotatable bonds is 7. The number of hydrogen-bond donors (Lipinski definition) is 0. The summed E-state index contributed by atoms with van der Waals surface area (Å²) in [4.78, 5) is 25.2. The molecule has 0 spiro atoms. The lowest BCUT2D eigenvalue weighted by atomic mass is 10.4. The molecular weight excluding hydrogens is 306 g/mol. The average molecular weight is 329 g/mol. The van der Waals surface area contributed by atoms with E-state index in [0.29, 0.717) is 19.6 Å². The fraction of sp³-hybridized carbons (Fsp3) is 0.571. The van der Waals surface area contributed by atoms with Crippen molar-refractivity contribution in [3.05, 3.63) is 28.7 Å². The van der Waals surface area contributed by atoms with Crippen LogP contribution in [0.2, 0.25) is 0 Å². The minimum atomic E-state index is -3.65. The minimum Gasteiger partial charge on any atom is -0.344 e. The number of sulfonamides is 1. The molecule has 0 aliphatic heterocycles. The molecule has 8 heteroatoms. The van der Waals surface area contributed by atoms with E-state index >= 15 is 0 Å². The fourth-order valence-corrected chi connectivity index (χ4v) is 3.42. The van der Waals surface area contributed by atoms with Crippen molar-refractivity contribution in [3.8, 4) is 0 Å². The van der Waals surface area contributed by atoms with Gasteiger partial charge in [-0.2, -0.15) is 4.31 Å². The largest absolute Gasteiger partial charge is 0.344 e. The molecule has 0 aliphatic rings. The third kappa shape index (κ3) is 3.95. The summed E-state index contributed by atoms with van der Waals surface area (Å²) in [5, 5.41) is 0. The Kier molecular flexibility index (Phi) is 6.31. The van der Waals surface area contributed by atoms with E-state index in [0.717, 1.165) is 4.57 Å². The molecule has 0 bridgehead atoms. The SMILES string of the molecule is CCN(C)C(=O)Cn1cc(S(=O)(=O)N(CC)CC)ccc1=O. The van der Waals surface area contributed by atoms with Crippen LogP contribution in [0.15, 0.2) is 28.0 Å². The Labute approximate surface area is 131 Å². The fourth-order valence-electron chi connectivity index (χ4n) is 1.94. The Morgan fingerprint density at radius 1 is 1.14 bits per heavy atom. The van der Waals surface area contributed by atoms with Gasteiger partial charge in [0.05, 0.1) is 4.90 Å². The third-order valence-electron chi connectivity index (χ3n) is 3.51. The van der Waals surface area contributed by atoms with Crippen molar-refractivity contribution in [2.45, 2.75) is 32.2 Å². The predicted octanol–water partition coefficient (Wildman–Crippen LogP) is 0.357. The second-order valence-electron chi connectivity index (χ2n) is 4.83. The van der Waals surface area contributed by atoms with Gasteiger partial charge in [-0.3, -0.25) is 9.59 Å². The van der Waals surface area contributed by atoms with Gasteiger partial charge in [-0.15, -0.1) is 0 Å². The van der Waals surface area contributed by atoms with Gasteiger partial charge in [-0.25, -0.2) is 8.42 Å². The summed E-state index contributed by atoms with van der Waals surface area (Å²) >= 11 is 0. The van der Waals surface area contributed by atoms with Gasteiger partial charge in [0, 0.05) is 38.9 Å². The van der Waals surface area contributed by atoms with E-state index < -0.39 is 15.6 Å². The number of amides is 1. The maximum absolute atomic E-state index is 12.4. The summed E-state index contributed by atoms with van der Waals surface area (Å²) in [6.45, 7) is 6.34. The first-order chi connectivity index (χ1) is 10.3. The van der Waals surface area contributed by atoms with E-state index in [9.17, 15) is 18.0 Å². The minimum absolute atomic E-state index is 0.0164. The molecule has 0 atom stereocenters. The molecule has 0 radical (unpaired) electrons. The zero-order valence-corrected chi connectivity index (χ0v) is 14.3. The van der Waals surface area contributed by atoms with Gasteiger partial charge in [0.2, 0.25) is 15.9 Å². The highest BCUT2D eigenvalue weighted by molar-refractivity contribution is 7.89. The monoisotopic (exact) mass is 329 g/mol. The lowest BCUT2D eigenvalue weighted by Crippen LogP contribution is -2.35. The van der Waals surface area contributed by atoms with Crippen molar-refractivity contribution >= 4 is 15.9 Å². The Balaban J connectivity index is 3.20. The van der Waals surface area contributed by atoms with Crippen molar-refractivity contribution in [1.82, 2.24) is 13.8 Å². The number of nitrogens with zero attached hydrogens (tertiary/aromatic N) is 3. The van der Waals surface area contributed by atoms with Crippen molar-refractivity contribution in [1.29, 1.82) is 0 Å². The van der Waals surface area contributed by atoms with Gasteiger partial charge in [0.25, 0.3) is 5.56 Å². The maximum Gasteiger partial charge on any atom is 0.251 e. The van der Waals surface area contributed by atoms with E-state index in [1.807, 2.05) is 6.92 Å². The number of carbonyl (C=O) groups excluding carboxylic acids is 1. The van der Waals surface area contributed by atoms with Crippen LogP contribution in [0.4, 0.5) is 0 Å². The Bertz CT molecular complexity index is 678. The zero-order valence-electron chi connectivity index (χ0n) is 13.4. The molecule has 1 heterocycles. The van der Waals surface area contributed by atoms with E-state index in [1.165, 1.54) is 27.5 Å². The van der Waals surface area contributed by atoms with Crippen molar-refractivity contribution < 1.29 is 13.2 Å². The highest BCUT2D eigenvalue weighted by atomic mass is 32.2. The highest BCUT2D eigenvalue weighted by Crippen LogP contribution is 2.13. The molecule has 0 N–H and O–H groups in total. The van der Waals surface area contributed by atoms with Gasteiger partial charge in [0.1, 0.15) is 6.54 Å². The maximum atomic E-state index is 12.4. The first-order valence-electron chi connectivity index (χ1n) is 7.22. The molecule has 1 aromatic rings. The predicted molar refractivity (Wildman–Crippen MR) is 84.1 cm³/mol. The zero-order chi connectivity index (χ0) is 16.9. The molecule has 0 aliphatic carbocycles. The van der Waals surface area contributed by atoms with Crippen LogP contribution in [-0.4, -0.2) is 54.8 Å². The van der Waals surface area contributed by atoms with Gasteiger partial charge >= 0.3 is 0 Å². The van der Waals surface area contributed by atoms with Crippen LogP contribution >= 0.6 is 0 Å². The van der Waals surface area contributed by atoms with Crippen molar-refractivity contribution in [3.63, 3.8) is 0 Å². The smallest absolute Gasteiger partial charge is 0.251 e. The van der Waals surface area contributed by atoms with Crippen LogP contribution in [0, 0.1) is 0 Å². The van der Waals surface area contributed by atoms with Crippen LogP contribution in [-0.2, 0) is 21.4 Å². The quantitative estimate of drug-likeness (QED) is 0.723. The molecular formula is C14H23N3O4S. The Hall–Kier alpha value is -1.67. The first-order valence-corrected chi connectivity index (χ1v) is 8.66.